The van der Waals surface area contributed by atoms with Crippen molar-refractivity contribution in [2.75, 3.05) is 6.61 Å². The van der Waals surface area contributed by atoms with Crippen LogP contribution >= 0.6 is 0 Å². The lowest BCUT2D eigenvalue weighted by Gasteiger charge is -2.09. The molecule has 0 aromatic heterocycles. The second-order valence-electron chi connectivity index (χ2n) is 6.61. The normalized spacial score (nSPS) is 10.3. The van der Waals surface area contributed by atoms with Crippen molar-refractivity contribution >= 4 is 12.4 Å². The summed E-state index contributed by atoms with van der Waals surface area (Å²) in [6.07, 6.45) is 2.65. The van der Waals surface area contributed by atoms with Crippen molar-refractivity contribution in [2.45, 2.75) is 12.8 Å². The molecule has 0 spiro atoms. The highest BCUT2D eigenvalue weighted by Crippen LogP contribution is 2.29. The van der Waals surface area contributed by atoms with Crippen LogP contribution in [0.1, 0.15) is 12.0 Å². The summed E-state index contributed by atoms with van der Waals surface area (Å²) in [6, 6.07) is 19.6. The lowest BCUT2D eigenvalue weighted by molar-refractivity contribution is -0.137. The Morgan fingerprint density at radius 2 is 1.60 bits per heavy atom. The van der Waals surface area contributed by atoms with Gasteiger partial charge in [0.1, 0.15) is 11.6 Å². The molecule has 0 saturated carbocycles. The van der Waals surface area contributed by atoms with Gasteiger partial charge in [-0.3, -0.25) is 4.79 Å². The summed E-state index contributed by atoms with van der Waals surface area (Å²) >= 11 is 0. The Morgan fingerprint density at radius 3 is 2.23 bits per heavy atom. The van der Waals surface area contributed by atoms with Gasteiger partial charge in [0.25, 0.3) is 6.47 Å². The molecule has 0 bridgehead atoms. The zero-order chi connectivity index (χ0) is 21.3. The third-order valence-electron chi connectivity index (χ3n) is 4.63. The van der Waals surface area contributed by atoms with Gasteiger partial charge in [-0.05, 0) is 53.3 Å². The number of halogens is 1. The van der Waals surface area contributed by atoms with E-state index in [1.165, 1.54) is 6.07 Å². The van der Waals surface area contributed by atoms with Gasteiger partial charge < -0.3 is 9.47 Å². The molecule has 0 unspecified atom stereocenters. The zero-order valence-corrected chi connectivity index (χ0v) is 16.3. The van der Waals surface area contributed by atoms with Gasteiger partial charge in [-0.2, -0.15) is 0 Å². The van der Waals surface area contributed by atoms with Gasteiger partial charge >= 0.3 is 5.97 Å². The average molecular weight is 404 g/mol. The highest BCUT2D eigenvalue weighted by Gasteiger charge is 2.08. The van der Waals surface area contributed by atoms with Gasteiger partial charge in [-0.15, -0.1) is 0 Å². The van der Waals surface area contributed by atoms with E-state index >= 15 is 0 Å². The maximum absolute atomic E-state index is 14.7. The molecule has 3 aromatic carbocycles. The van der Waals surface area contributed by atoms with E-state index < -0.39 is 5.97 Å². The summed E-state index contributed by atoms with van der Waals surface area (Å²) in [4.78, 5) is 21.4. The molecule has 0 atom stereocenters. The maximum Gasteiger partial charge on any atom is 0.330 e. The first-order valence-corrected chi connectivity index (χ1v) is 9.49. The summed E-state index contributed by atoms with van der Waals surface area (Å²) in [6.45, 7) is 4.06. The molecule has 5 heteroatoms. The lowest BCUT2D eigenvalue weighted by Crippen LogP contribution is -2.02. The van der Waals surface area contributed by atoms with Crippen LogP contribution in [0.3, 0.4) is 0 Å². The fraction of sp³-hybridized carbons (Fsp3) is 0.120. The summed E-state index contributed by atoms with van der Waals surface area (Å²) in [5.74, 6) is -0.338. The molecular weight excluding hydrogens is 383 g/mol. The second-order valence-corrected chi connectivity index (χ2v) is 6.61. The molecule has 30 heavy (non-hydrogen) atoms. The number of hydrogen-bond donors (Lipinski definition) is 0. The van der Waals surface area contributed by atoms with Gasteiger partial charge in [0.05, 0.1) is 6.61 Å². The van der Waals surface area contributed by atoms with E-state index in [1.807, 2.05) is 30.3 Å². The van der Waals surface area contributed by atoms with E-state index in [1.54, 1.807) is 30.3 Å². The standard InChI is InChI=1S/C25H21FO4/c1-2-25(28)29-15-3-4-18-5-7-19(8-6-18)21-11-14-23(24(26)16-21)20-9-12-22(13-10-20)30-17-27/h2,5-14,16-17H,1,3-4,15H2. The fourth-order valence-corrected chi connectivity index (χ4v) is 3.07. The highest BCUT2D eigenvalue weighted by molar-refractivity contribution is 5.81. The number of aryl methyl sites for hydroxylation is 1. The Labute approximate surface area is 174 Å². The summed E-state index contributed by atoms with van der Waals surface area (Å²) in [5, 5.41) is 0. The van der Waals surface area contributed by atoms with Crippen molar-refractivity contribution < 1.29 is 23.5 Å². The molecule has 0 amide bonds. The van der Waals surface area contributed by atoms with E-state index in [0.29, 0.717) is 30.0 Å². The van der Waals surface area contributed by atoms with E-state index in [0.717, 1.165) is 35.6 Å². The Balaban J connectivity index is 1.66. The second kappa shape index (κ2) is 10.2. The summed E-state index contributed by atoms with van der Waals surface area (Å²) in [5.41, 5.74) is 3.98. The molecule has 0 saturated heterocycles. The summed E-state index contributed by atoms with van der Waals surface area (Å²) < 4.78 is 24.4. The molecular formula is C25H21FO4. The van der Waals surface area contributed by atoms with Crippen molar-refractivity contribution in [3.63, 3.8) is 0 Å². The predicted molar refractivity (Wildman–Crippen MR) is 113 cm³/mol. The first kappa shape index (κ1) is 21.0. The molecule has 4 nitrogen and oxygen atoms in total. The monoisotopic (exact) mass is 404 g/mol. The largest absolute Gasteiger partial charge is 0.463 e. The molecule has 0 aliphatic rings. The van der Waals surface area contributed by atoms with Gasteiger partial charge in [0, 0.05) is 11.6 Å². The van der Waals surface area contributed by atoms with E-state index in [4.69, 9.17) is 9.47 Å². The van der Waals surface area contributed by atoms with Crippen LogP contribution in [-0.2, 0) is 20.7 Å². The lowest BCUT2D eigenvalue weighted by atomic mass is 9.98. The molecule has 3 rings (SSSR count). The van der Waals surface area contributed by atoms with Crippen LogP contribution in [-0.4, -0.2) is 19.0 Å². The van der Waals surface area contributed by atoms with Gasteiger partial charge in [-0.25, -0.2) is 9.18 Å². The smallest absolute Gasteiger partial charge is 0.330 e. The quantitative estimate of drug-likeness (QED) is 0.209. The third kappa shape index (κ3) is 5.41. The SMILES string of the molecule is C=CC(=O)OCCCc1ccc(-c2ccc(-c3ccc(OC=O)cc3)c(F)c2)cc1. The molecule has 0 aliphatic heterocycles. The molecule has 3 aromatic rings. The van der Waals surface area contributed by atoms with E-state index in [2.05, 4.69) is 6.58 Å². The van der Waals surface area contributed by atoms with Gasteiger partial charge in [0.15, 0.2) is 0 Å². The number of ether oxygens (including phenoxy) is 2. The van der Waals surface area contributed by atoms with E-state index in [-0.39, 0.29) is 5.82 Å². The van der Waals surface area contributed by atoms with Crippen molar-refractivity contribution in [3.8, 4) is 28.0 Å². The number of rotatable bonds is 9. The number of hydrogen-bond acceptors (Lipinski definition) is 4. The highest BCUT2D eigenvalue weighted by atomic mass is 19.1. The fourth-order valence-electron chi connectivity index (χ4n) is 3.07. The van der Waals surface area contributed by atoms with E-state index in [9.17, 15) is 14.0 Å². The number of benzene rings is 3. The molecule has 0 aliphatic carbocycles. The van der Waals surface area contributed by atoms with Gasteiger partial charge in [-0.1, -0.05) is 55.1 Å². The van der Waals surface area contributed by atoms with Crippen molar-refractivity contribution in [3.05, 3.63) is 90.8 Å². The van der Waals surface area contributed by atoms with Crippen LogP contribution in [0.25, 0.3) is 22.3 Å². The van der Waals surface area contributed by atoms with Crippen LogP contribution in [0.4, 0.5) is 4.39 Å². The molecule has 0 radical (unpaired) electrons. The average Bonchev–Trinajstić information content (AvgIpc) is 2.78. The zero-order valence-electron chi connectivity index (χ0n) is 16.3. The van der Waals surface area contributed by atoms with Gasteiger partial charge in [0.2, 0.25) is 0 Å². The molecule has 0 fully saturated rings. The Kier molecular flexibility index (Phi) is 7.11. The summed E-state index contributed by atoms with van der Waals surface area (Å²) in [7, 11) is 0. The third-order valence-corrected chi connectivity index (χ3v) is 4.63. The number of carbonyl (C=O) groups is 2. The van der Waals surface area contributed by atoms with Crippen molar-refractivity contribution in [1.82, 2.24) is 0 Å². The molecule has 152 valence electrons. The van der Waals surface area contributed by atoms with Crippen molar-refractivity contribution in [1.29, 1.82) is 0 Å². The Bertz CT molecular complexity index is 1020. The van der Waals surface area contributed by atoms with Crippen LogP contribution < -0.4 is 4.74 Å². The minimum Gasteiger partial charge on any atom is -0.463 e. The van der Waals surface area contributed by atoms with Crippen molar-refractivity contribution in [2.24, 2.45) is 0 Å². The first-order valence-electron chi connectivity index (χ1n) is 9.49. The van der Waals surface area contributed by atoms with Crippen LogP contribution in [0.5, 0.6) is 5.75 Å². The minimum atomic E-state index is -0.416. The van der Waals surface area contributed by atoms with Crippen LogP contribution in [0.2, 0.25) is 0 Å². The molecule has 0 N–H and O–H groups in total. The predicted octanol–water partition coefficient (Wildman–Crippen LogP) is 5.36. The van der Waals surface area contributed by atoms with Crippen LogP contribution in [0, 0.1) is 5.82 Å². The van der Waals surface area contributed by atoms with Crippen LogP contribution in [0.15, 0.2) is 79.4 Å². The molecule has 0 heterocycles. The topological polar surface area (TPSA) is 52.6 Å². The Hall–Kier alpha value is -3.73. The first-order chi connectivity index (χ1) is 14.6. The Morgan fingerprint density at radius 1 is 0.933 bits per heavy atom. The maximum atomic E-state index is 14.7. The minimum absolute atomic E-state index is 0.329. The number of esters is 1. The number of carbonyl (C=O) groups excluding carboxylic acids is 2.